The molecular formula is C52H50N4O13. The van der Waals surface area contributed by atoms with Crippen LogP contribution in [0, 0.1) is 0 Å². The highest BCUT2D eigenvalue weighted by molar-refractivity contribution is 5.93. The Kier molecular flexibility index (Phi) is 11.7. The molecule has 4 aromatic heterocycles. The third-order valence-electron chi connectivity index (χ3n) is 13.8. The first-order valence-electron chi connectivity index (χ1n) is 23.2. The number of aryl methyl sites for hydroxylation is 2. The van der Waals surface area contributed by atoms with E-state index < -0.39 is 35.1 Å². The summed E-state index contributed by atoms with van der Waals surface area (Å²) in [6.45, 7) is 10.6. The molecule has 4 aliphatic heterocycles. The van der Waals surface area contributed by atoms with Gasteiger partial charge < -0.3 is 38.3 Å². The Bertz CT molecular complexity index is 3370. The molecule has 6 aromatic rings. The number of cyclic esters (lactones) is 2. The number of fused-ring (bicyclic) bond motifs is 10. The molecule has 0 bridgehead atoms. The molecular weight excluding hydrogens is 889 g/mol. The lowest BCUT2D eigenvalue weighted by Gasteiger charge is -2.35. The summed E-state index contributed by atoms with van der Waals surface area (Å²) in [5, 5.41) is 21.7. The van der Waals surface area contributed by atoms with Gasteiger partial charge in [-0.05, 0) is 85.3 Å². The largest absolute Gasteiger partial charge is 0.508 e. The van der Waals surface area contributed by atoms with Crippen molar-refractivity contribution >= 4 is 51.5 Å². The van der Waals surface area contributed by atoms with Crippen molar-refractivity contribution in [3.8, 4) is 34.3 Å². The number of phenolic OH excluding ortho intramolecular Hbond substituents is 2. The maximum atomic E-state index is 13.7. The summed E-state index contributed by atoms with van der Waals surface area (Å²) in [4.78, 5) is 98.9. The minimum Gasteiger partial charge on any atom is -0.508 e. The number of nitrogens with zero attached hydrogens (tertiary/aromatic N) is 4. The molecule has 8 heterocycles. The van der Waals surface area contributed by atoms with Crippen molar-refractivity contribution in [1.82, 2.24) is 19.1 Å². The van der Waals surface area contributed by atoms with E-state index in [1.54, 1.807) is 78.4 Å². The zero-order chi connectivity index (χ0) is 49.3. The fourth-order valence-electron chi connectivity index (χ4n) is 10.3. The number of ether oxygens (including phenoxy) is 4. The number of Topliss-reactive ketones (excluding diaryl/α,β-unsaturated/α-hetero) is 1. The maximum absolute atomic E-state index is 13.7. The number of aromatic nitrogens is 4. The second-order valence-corrected chi connectivity index (χ2v) is 17.5. The van der Waals surface area contributed by atoms with Crippen molar-refractivity contribution in [2.45, 2.75) is 124 Å². The number of benzene rings is 2. The SMILES string of the molecule is CCC(=O)CCC(=O)O[C@]1(CC)C(=O)OCc2c1cc1n(c2=O)Cc2c-1nc1ccc(O)cc1c2CC.CCc1c2c(nc3ccc(O)cc13)-c1cc3c(c(=O)n1C2)COC(=O)[C@@]3(CC)OC(C)=O. The van der Waals surface area contributed by atoms with Gasteiger partial charge in [0.1, 0.15) is 30.5 Å². The van der Waals surface area contributed by atoms with Gasteiger partial charge in [-0.25, -0.2) is 19.6 Å². The van der Waals surface area contributed by atoms with Crippen molar-refractivity contribution in [2.75, 3.05) is 0 Å². The Hall–Kier alpha value is -7.69. The van der Waals surface area contributed by atoms with E-state index in [1.807, 2.05) is 13.8 Å². The third-order valence-corrected chi connectivity index (χ3v) is 13.8. The van der Waals surface area contributed by atoms with Crippen molar-refractivity contribution < 1.29 is 53.1 Å². The summed E-state index contributed by atoms with van der Waals surface area (Å²) in [6, 6.07) is 13.4. The molecule has 10 rings (SSSR count). The van der Waals surface area contributed by atoms with E-state index in [0.29, 0.717) is 82.9 Å². The highest BCUT2D eigenvalue weighted by Crippen LogP contribution is 2.44. The monoisotopic (exact) mass is 938 g/mol. The Balaban J connectivity index is 0.000000174. The Labute approximate surface area is 394 Å². The molecule has 4 aliphatic rings. The van der Waals surface area contributed by atoms with Gasteiger partial charge in [0.05, 0.1) is 64.4 Å². The fraction of sp³-hybridized carbons (Fsp3) is 0.365. The lowest BCUT2D eigenvalue weighted by Crippen LogP contribution is -2.47. The first-order chi connectivity index (χ1) is 33.0. The van der Waals surface area contributed by atoms with Crippen LogP contribution in [-0.2, 0) is 93.3 Å². The van der Waals surface area contributed by atoms with E-state index in [1.165, 1.54) is 6.92 Å². The van der Waals surface area contributed by atoms with Gasteiger partial charge in [-0.2, -0.15) is 0 Å². The predicted octanol–water partition coefficient (Wildman–Crippen LogP) is 6.58. The first-order valence-corrected chi connectivity index (χ1v) is 23.2. The molecule has 69 heavy (non-hydrogen) atoms. The van der Waals surface area contributed by atoms with E-state index in [4.69, 9.17) is 28.9 Å². The Morgan fingerprint density at radius 3 is 1.49 bits per heavy atom. The van der Waals surface area contributed by atoms with E-state index in [9.17, 15) is 43.8 Å². The van der Waals surface area contributed by atoms with E-state index in [-0.39, 0.29) is 72.9 Å². The molecule has 17 heteroatoms. The Morgan fingerprint density at radius 1 is 0.638 bits per heavy atom. The molecule has 0 unspecified atom stereocenters. The molecule has 2 N–H and O–H groups in total. The smallest absolute Gasteiger partial charge is 0.355 e. The van der Waals surface area contributed by atoms with Crippen LogP contribution in [0.5, 0.6) is 11.5 Å². The third kappa shape index (κ3) is 7.33. The van der Waals surface area contributed by atoms with Crippen LogP contribution in [0.15, 0.2) is 58.1 Å². The van der Waals surface area contributed by atoms with Gasteiger partial charge >= 0.3 is 23.9 Å². The van der Waals surface area contributed by atoms with Crippen molar-refractivity contribution in [3.05, 3.63) is 114 Å². The topological polar surface area (TPSA) is 233 Å². The molecule has 17 nitrogen and oxygen atoms in total. The second kappa shape index (κ2) is 17.4. The van der Waals surface area contributed by atoms with Crippen molar-refractivity contribution in [3.63, 3.8) is 0 Å². The number of carbonyl (C=O) groups excluding carboxylic acids is 5. The summed E-state index contributed by atoms with van der Waals surface area (Å²) in [6.07, 6.45) is 1.72. The van der Waals surface area contributed by atoms with Crippen LogP contribution in [0.25, 0.3) is 44.6 Å². The summed E-state index contributed by atoms with van der Waals surface area (Å²) in [5.41, 5.74) is 4.73. The van der Waals surface area contributed by atoms with E-state index in [2.05, 4.69) is 0 Å². The second-order valence-electron chi connectivity index (χ2n) is 17.5. The number of phenols is 2. The first kappa shape index (κ1) is 46.4. The fourth-order valence-corrected chi connectivity index (χ4v) is 10.3. The lowest BCUT2D eigenvalue weighted by molar-refractivity contribution is -0.189. The number of esters is 4. The molecule has 0 aliphatic carbocycles. The average Bonchev–Trinajstić information content (AvgIpc) is 3.89. The number of aromatic hydroxyl groups is 2. The number of pyridine rings is 4. The minimum absolute atomic E-state index is 0.0175. The molecule has 0 fully saturated rings. The average molecular weight is 939 g/mol. The van der Waals surface area contributed by atoms with Gasteiger partial charge in [0.25, 0.3) is 11.1 Å². The normalized spacial score (nSPS) is 18.1. The molecule has 0 radical (unpaired) electrons. The molecule has 356 valence electrons. The van der Waals surface area contributed by atoms with Gasteiger partial charge in [-0.3, -0.25) is 24.0 Å². The highest BCUT2D eigenvalue weighted by atomic mass is 16.6. The Morgan fingerprint density at radius 2 is 1.09 bits per heavy atom. The number of rotatable bonds is 10. The van der Waals surface area contributed by atoms with Crippen LogP contribution in [-0.4, -0.2) is 59.0 Å². The molecule has 0 amide bonds. The van der Waals surface area contributed by atoms with Gasteiger partial charge in [0.2, 0.25) is 11.2 Å². The van der Waals surface area contributed by atoms with Crippen LogP contribution in [0.3, 0.4) is 0 Å². The van der Waals surface area contributed by atoms with Gasteiger partial charge in [0, 0.05) is 52.8 Å². The summed E-state index contributed by atoms with van der Waals surface area (Å²) in [7, 11) is 0. The molecule has 2 aromatic carbocycles. The number of hydrogen-bond donors (Lipinski definition) is 2. The van der Waals surface area contributed by atoms with Crippen LogP contribution in [0.1, 0.15) is 118 Å². The molecule has 0 spiro atoms. The zero-order valence-electron chi connectivity index (χ0n) is 39.1. The molecule has 2 atom stereocenters. The number of ketones is 1. The van der Waals surface area contributed by atoms with E-state index in [0.717, 1.165) is 33.0 Å². The maximum Gasteiger partial charge on any atom is 0.355 e. The lowest BCUT2D eigenvalue weighted by atomic mass is 9.85. The zero-order valence-corrected chi connectivity index (χ0v) is 39.1. The van der Waals surface area contributed by atoms with Crippen LogP contribution in [0.4, 0.5) is 0 Å². The predicted molar refractivity (Wildman–Crippen MR) is 249 cm³/mol. The highest BCUT2D eigenvalue weighted by Gasteiger charge is 2.52. The molecule has 0 saturated carbocycles. The molecule has 0 saturated heterocycles. The summed E-state index contributed by atoms with van der Waals surface area (Å²) in [5.74, 6) is -2.54. The number of carbonyl (C=O) groups is 5. The summed E-state index contributed by atoms with van der Waals surface area (Å²) >= 11 is 0. The van der Waals surface area contributed by atoms with Crippen molar-refractivity contribution in [1.29, 1.82) is 0 Å². The van der Waals surface area contributed by atoms with Gasteiger partial charge in [-0.15, -0.1) is 0 Å². The van der Waals surface area contributed by atoms with Crippen LogP contribution < -0.4 is 11.1 Å². The number of hydrogen-bond acceptors (Lipinski definition) is 15. The summed E-state index contributed by atoms with van der Waals surface area (Å²) < 4.78 is 25.1. The van der Waals surface area contributed by atoms with Gasteiger partial charge in [-0.1, -0.05) is 34.6 Å². The quantitative estimate of drug-likeness (QED) is 0.109. The minimum atomic E-state index is -1.78. The van der Waals surface area contributed by atoms with Crippen LogP contribution >= 0.6 is 0 Å². The van der Waals surface area contributed by atoms with Crippen molar-refractivity contribution in [2.24, 2.45) is 0 Å². The van der Waals surface area contributed by atoms with E-state index >= 15 is 0 Å². The van der Waals surface area contributed by atoms with Crippen LogP contribution in [0.2, 0.25) is 0 Å². The van der Waals surface area contributed by atoms with Gasteiger partial charge in [0.15, 0.2) is 0 Å². The standard InChI is InChI=1S/C28H28N2O7.C24H22N2O6/c1-4-15(31)8-10-24(33)37-28(6-3)21-12-23-25-19(13-30(23)26(34)20(21)14-36-27(28)35)17(5-2)18-11-16(32)7-9-22(18)29-25;1-4-14-15-8-13(28)6-7-19(15)25-21-16(14)10-26-20(21)9-18-17(22(26)29)11-31-23(30)24(18,5-2)32-12(3)27/h7,9,11-12,32H,4-6,8,10,13-14H2,1-3H3;6-9,28H,4-5,10-11H2,1-3H3/t28-;24-/m00/s1.